The molecule has 5 fully saturated rings. The molecule has 1 aromatic heterocycles. The molecule has 0 saturated carbocycles. The van der Waals surface area contributed by atoms with Crippen molar-refractivity contribution in [2.75, 3.05) is 66.0 Å². The summed E-state index contributed by atoms with van der Waals surface area (Å²) >= 11 is 1.66. The molecule has 460 valence electrons. The summed E-state index contributed by atoms with van der Waals surface area (Å²) in [6, 6.07) is 33.6. The number of carbonyl (C=O) groups excluding carboxylic acids is 4. The topological polar surface area (TPSA) is 146 Å². The highest BCUT2D eigenvalue weighted by Crippen LogP contribution is 2.60. The number of rotatable bonds is 15. The lowest BCUT2D eigenvalue weighted by Crippen LogP contribution is -2.60. The highest BCUT2D eigenvalue weighted by molar-refractivity contribution is 7.13. The van der Waals surface area contributed by atoms with Gasteiger partial charge in [0.15, 0.2) is 0 Å². The first-order valence-corrected chi connectivity index (χ1v) is 35.4. The van der Waals surface area contributed by atoms with Crippen molar-refractivity contribution in [1.82, 2.24) is 44.3 Å². The Labute approximate surface area is 519 Å². The predicted octanol–water partition coefficient (Wildman–Crippen LogP) is 11.8. The fourth-order valence-electron chi connectivity index (χ4n) is 13.7. The van der Waals surface area contributed by atoms with Gasteiger partial charge in [0.1, 0.15) is 23.9 Å². The van der Waals surface area contributed by atoms with E-state index < -0.39 is 40.2 Å². The van der Waals surface area contributed by atoms with Crippen LogP contribution in [0.3, 0.4) is 0 Å². The van der Waals surface area contributed by atoms with Crippen molar-refractivity contribution in [2.45, 2.75) is 167 Å². The number of nitrogens with zero attached hydrogens (tertiary/aromatic N) is 7. The molecule has 5 amide bonds. The number of amides is 5. The number of aromatic nitrogens is 1. The normalized spacial score (nSPS) is 24.7. The standard InChI is InChI=1S/C68H93N9O6SSi2/c1-15-82-56-42-54(65(6,7)8)31-32-55(56)61-72(14)67(12,52-27-19-45(2)20-28-52)68(13,53-29-21-46(3)22-30-53)77(61)63(80)75-39-37-73(38-40-75)43-57(78)74-34-16-18-51(33-36-74)59(79)71-86(66(9,10)11)64(81)76-35-17-41-85(76)62-60(83-62)70-47(4)49-23-25-50(26-24-49)58-48(5)69-44-84-58/h19-32,42,44,47,51,60-62,70H,15-18,33-41,43H2,1-14H3,(H,71,79)/t47-,51?,60?,61?,62?,67-,68+/m0/s1. The summed E-state index contributed by atoms with van der Waals surface area (Å²) in [5, 5.41) is 3.27. The number of aryl methyl sites for hydroxylation is 3. The molecular formula is C68H93N9O6SSi2. The maximum Gasteiger partial charge on any atom is 0.322 e. The molecule has 0 bridgehead atoms. The molecule has 10 rings (SSSR count). The summed E-state index contributed by atoms with van der Waals surface area (Å²) in [5.74, 6) is 0.445. The fraction of sp³-hybridized carbons (Fsp3) is 0.544. The third kappa shape index (κ3) is 12.6. The van der Waals surface area contributed by atoms with E-state index in [1.165, 1.54) is 21.6 Å². The minimum Gasteiger partial charge on any atom is -0.493 e. The summed E-state index contributed by atoms with van der Waals surface area (Å²) < 4.78 is 15.0. The number of likely N-dealkylation sites (N-methyl/N-ethyl adjacent to an activating group) is 1. The second-order valence-corrected chi connectivity index (χ2v) is 33.5. The van der Waals surface area contributed by atoms with E-state index in [4.69, 9.17) is 9.47 Å². The quantitative estimate of drug-likeness (QED) is 0.0767. The number of hydrogen-bond acceptors (Lipinski definition) is 11. The van der Waals surface area contributed by atoms with Crippen molar-refractivity contribution in [3.63, 3.8) is 0 Å². The second kappa shape index (κ2) is 25.4. The zero-order valence-corrected chi connectivity index (χ0v) is 56.3. The largest absolute Gasteiger partial charge is 0.493 e. The molecule has 6 heterocycles. The van der Waals surface area contributed by atoms with E-state index in [-0.39, 0.29) is 59.3 Å². The van der Waals surface area contributed by atoms with E-state index in [0.29, 0.717) is 71.7 Å². The molecular weight excluding hydrogens is 1130 g/mol. The molecule has 86 heavy (non-hydrogen) atoms. The van der Waals surface area contributed by atoms with Gasteiger partial charge in [-0.25, -0.2) is 9.78 Å². The van der Waals surface area contributed by atoms with E-state index >= 15 is 4.79 Å². The molecule has 15 nitrogen and oxygen atoms in total. The van der Waals surface area contributed by atoms with Crippen molar-refractivity contribution in [3.05, 3.63) is 141 Å². The molecule has 0 aliphatic carbocycles. The number of likely N-dealkylation sites (tertiary alicyclic amines) is 1. The minimum absolute atomic E-state index is 0.00622. The lowest BCUT2D eigenvalue weighted by molar-refractivity contribution is -0.133. The number of nitrogens with one attached hydrogen (secondary N) is 2. The monoisotopic (exact) mass is 1220 g/mol. The smallest absolute Gasteiger partial charge is 0.322 e. The van der Waals surface area contributed by atoms with E-state index in [1.54, 1.807) is 11.3 Å². The molecule has 4 aromatic carbocycles. The number of thiazole rings is 1. The van der Waals surface area contributed by atoms with Crippen LogP contribution in [0.25, 0.3) is 10.4 Å². The average molecular weight is 1220 g/mol. The van der Waals surface area contributed by atoms with Gasteiger partial charge in [-0.15, -0.1) is 11.3 Å². The van der Waals surface area contributed by atoms with Gasteiger partial charge in [-0.3, -0.25) is 34.4 Å². The predicted molar refractivity (Wildman–Crippen MR) is 346 cm³/mol. The van der Waals surface area contributed by atoms with Crippen molar-refractivity contribution in [2.24, 2.45) is 5.92 Å². The Morgan fingerprint density at radius 2 is 1.45 bits per heavy atom. The van der Waals surface area contributed by atoms with Gasteiger partial charge in [0.05, 0.1) is 40.3 Å². The number of urea groups is 1. The Morgan fingerprint density at radius 3 is 2.06 bits per heavy atom. The Hall–Kier alpha value is -5.74. The minimum atomic E-state index is -2.06. The van der Waals surface area contributed by atoms with Crippen LogP contribution in [0.15, 0.2) is 96.5 Å². The molecule has 5 aromatic rings. The van der Waals surface area contributed by atoms with Crippen molar-refractivity contribution >= 4 is 52.6 Å². The molecule has 2 radical (unpaired) electrons. The fourth-order valence-corrected chi connectivity index (χ4v) is 20.0. The molecule has 5 aliphatic heterocycles. The molecule has 2 N–H and O–H groups in total. The van der Waals surface area contributed by atoms with Crippen LogP contribution in [0.5, 0.6) is 5.75 Å². The molecule has 18 heteroatoms. The van der Waals surface area contributed by atoms with E-state index in [9.17, 15) is 14.4 Å². The number of benzene rings is 4. The van der Waals surface area contributed by atoms with E-state index in [0.717, 1.165) is 51.7 Å². The molecule has 7 atom stereocenters. The summed E-state index contributed by atoms with van der Waals surface area (Å²) in [6.45, 7) is 32.3. The Bertz CT molecular complexity index is 3230. The summed E-state index contributed by atoms with van der Waals surface area (Å²) in [4.78, 5) is 79.0. The zero-order chi connectivity index (χ0) is 61.6. The van der Waals surface area contributed by atoms with Crippen LogP contribution in [0.4, 0.5) is 9.59 Å². The van der Waals surface area contributed by atoms with E-state index in [2.05, 4.69) is 209 Å². The first kappa shape index (κ1) is 63.3. The second-order valence-electron chi connectivity index (χ2n) is 27.1. The van der Waals surface area contributed by atoms with Gasteiger partial charge in [-0.2, -0.15) is 0 Å². The molecule has 4 unspecified atom stereocenters. The third-order valence-electron chi connectivity index (χ3n) is 19.4. The van der Waals surface area contributed by atoms with Crippen LogP contribution >= 0.6 is 11.3 Å². The number of hydrogen-bond donors (Lipinski definition) is 2. The number of ether oxygens (including phenoxy) is 2. The van der Waals surface area contributed by atoms with E-state index in [1.807, 2.05) is 29.2 Å². The van der Waals surface area contributed by atoms with Crippen molar-refractivity contribution in [1.29, 1.82) is 0 Å². The Morgan fingerprint density at radius 1 is 0.802 bits per heavy atom. The van der Waals surface area contributed by atoms with Gasteiger partial charge in [-0.1, -0.05) is 138 Å². The summed E-state index contributed by atoms with van der Waals surface area (Å²) in [5.41, 5.74) is 10.2. The lowest BCUT2D eigenvalue weighted by atomic mass is 9.70. The first-order chi connectivity index (χ1) is 40.8. The first-order valence-electron chi connectivity index (χ1n) is 31.3. The van der Waals surface area contributed by atoms with Gasteiger partial charge < -0.3 is 28.8 Å². The van der Waals surface area contributed by atoms with Gasteiger partial charge in [0.2, 0.25) is 26.3 Å². The number of carbonyl (C=O) groups is 4. The summed E-state index contributed by atoms with van der Waals surface area (Å²) in [6.07, 6.45) is 2.22. The van der Waals surface area contributed by atoms with Gasteiger partial charge in [0, 0.05) is 63.3 Å². The zero-order valence-electron chi connectivity index (χ0n) is 53.5. The average Bonchev–Trinajstić information content (AvgIpc) is 1.52. The van der Waals surface area contributed by atoms with Crippen LogP contribution < -0.4 is 15.0 Å². The number of piperazine rings is 1. The molecule has 0 spiro atoms. The van der Waals surface area contributed by atoms with Crippen LogP contribution in [0, 0.1) is 26.7 Å². The Kier molecular flexibility index (Phi) is 18.7. The maximum absolute atomic E-state index is 16.0. The van der Waals surface area contributed by atoms with Crippen LogP contribution in [0.1, 0.15) is 152 Å². The lowest BCUT2D eigenvalue weighted by Gasteiger charge is -2.48. The molecule has 5 aliphatic rings. The highest BCUT2D eigenvalue weighted by Gasteiger charge is 2.65. The highest BCUT2D eigenvalue weighted by atomic mass is 32.1. The van der Waals surface area contributed by atoms with Gasteiger partial charge >= 0.3 is 6.03 Å². The van der Waals surface area contributed by atoms with Crippen LogP contribution in [0.2, 0.25) is 11.1 Å². The molecule has 5 saturated heterocycles. The third-order valence-corrected chi connectivity index (χ3v) is 26.3. The maximum atomic E-state index is 16.0. The van der Waals surface area contributed by atoms with Gasteiger partial charge in [-0.05, 0) is 132 Å². The van der Waals surface area contributed by atoms with Gasteiger partial charge in [0.25, 0.3) is 8.96 Å². The summed E-state index contributed by atoms with van der Waals surface area (Å²) in [7, 11) is -1.24. The van der Waals surface area contributed by atoms with Crippen LogP contribution in [-0.2, 0) is 30.8 Å². The van der Waals surface area contributed by atoms with Crippen molar-refractivity contribution in [3.8, 4) is 16.2 Å². The van der Waals surface area contributed by atoms with Crippen molar-refractivity contribution < 1.29 is 28.7 Å². The number of epoxide rings is 1. The van der Waals surface area contributed by atoms with Crippen LogP contribution in [-0.4, -0.2) is 153 Å². The SMILES string of the molecule is CCOc1cc(C(C)(C)C)ccc1C1N(C(=O)N2CCN(CC(=O)N3CCCC(C(=O)N[Si](C(=O)N4CCC[Si]4C4OC4N[C@@H](C)c4ccc(-c5scnc5C)cc4)C(C)(C)C)CC3)CC2)[C@](C)(c2ccc(C)cc2)[C@](C)(c2ccc(C)cc2)N1C. The Balaban J connectivity index is 0.777.